The van der Waals surface area contributed by atoms with Gasteiger partial charge in [0.05, 0.1) is 17.3 Å². The molecule has 1 aliphatic rings. The highest BCUT2D eigenvalue weighted by Gasteiger charge is 2.23. The maximum Gasteiger partial charge on any atom is 0.292 e. The fourth-order valence-corrected chi connectivity index (χ4v) is 3.20. The average molecular weight is 382 g/mol. The summed E-state index contributed by atoms with van der Waals surface area (Å²) in [6.45, 7) is 1.09. The number of aromatic nitrogens is 2. The predicted molar refractivity (Wildman–Crippen MR) is 101 cm³/mol. The smallest absolute Gasteiger partial charge is 0.292 e. The van der Waals surface area contributed by atoms with Crippen LogP contribution in [0.5, 0.6) is 0 Å². The first-order chi connectivity index (χ1) is 13.6. The minimum Gasteiger partial charge on any atom is -0.376 e. The van der Waals surface area contributed by atoms with Gasteiger partial charge in [-0.15, -0.1) is 0 Å². The molecule has 1 unspecified atom stereocenters. The van der Waals surface area contributed by atoms with E-state index < -0.39 is 11.7 Å². The predicted octanol–water partition coefficient (Wildman–Crippen LogP) is 2.63. The van der Waals surface area contributed by atoms with Crippen LogP contribution in [0.3, 0.4) is 0 Å². The molecule has 0 spiro atoms. The number of ether oxygens (including phenoxy) is 1. The molecule has 3 aromatic rings. The number of rotatable bonds is 5. The summed E-state index contributed by atoms with van der Waals surface area (Å²) in [7, 11) is 0. The third-order valence-corrected chi connectivity index (χ3v) is 4.60. The van der Waals surface area contributed by atoms with Gasteiger partial charge in [0, 0.05) is 19.3 Å². The molecule has 144 valence electrons. The van der Waals surface area contributed by atoms with Crippen molar-refractivity contribution in [3.8, 4) is 0 Å². The zero-order chi connectivity index (χ0) is 19.5. The van der Waals surface area contributed by atoms with Crippen LogP contribution in [0.15, 0.2) is 48.7 Å². The first-order valence-electron chi connectivity index (χ1n) is 9.06. The van der Waals surface area contributed by atoms with E-state index in [9.17, 15) is 14.0 Å². The summed E-state index contributed by atoms with van der Waals surface area (Å²) in [4.78, 5) is 29.5. The first kappa shape index (κ1) is 18.1. The van der Waals surface area contributed by atoms with Crippen molar-refractivity contribution in [2.24, 2.45) is 0 Å². The second-order valence-corrected chi connectivity index (χ2v) is 6.52. The SMILES string of the molecule is O=C(NCC1CCCO1)c1nc(C(=O)Nc2ccccc2F)n2ccccc12. The van der Waals surface area contributed by atoms with Gasteiger partial charge in [-0.25, -0.2) is 9.37 Å². The Morgan fingerprint density at radius 3 is 2.79 bits per heavy atom. The summed E-state index contributed by atoms with van der Waals surface area (Å²) in [5, 5.41) is 5.31. The number of nitrogens with zero attached hydrogens (tertiary/aromatic N) is 2. The number of fused-ring (bicyclic) bond motifs is 1. The van der Waals surface area contributed by atoms with Crippen molar-refractivity contribution >= 4 is 23.0 Å². The number of amides is 2. The van der Waals surface area contributed by atoms with Gasteiger partial charge in [-0.05, 0) is 37.1 Å². The van der Waals surface area contributed by atoms with Crippen molar-refractivity contribution in [3.63, 3.8) is 0 Å². The standard InChI is InChI=1S/C20H19FN4O3/c21-14-7-1-2-8-15(14)23-20(27)18-24-17(16-9-3-4-10-25(16)18)19(26)22-12-13-6-5-11-28-13/h1-4,7-10,13H,5-6,11-12H2,(H,22,26)(H,23,27). The summed E-state index contributed by atoms with van der Waals surface area (Å²) in [6, 6.07) is 11.0. The van der Waals surface area contributed by atoms with E-state index in [0.717, 1.165) is 12.8 Å². The molecule has 8 heteroatoms. The third kappa shape index (κ3) is 3.59. The second kappa shape index (κ2) is 7.77. The van der Waals surface area contributed by atoms with Crippen LogP contribution >= 0.6 is 0 Å². The van der Waals surface area contributed by atoms with Crippen molar-refractivity contribution in [2.75, 3.05) is 18.5 Å². The number of imidazole rings is 1. The van der Waals surface area contributed by atoms with E-state index in [1.165, 1.54) is 22.6 Å². The highest BCUT2D eigenvalue weighted by atomic mass is 19.1. The van der Waals surface area contributed by atoms with Crippen LogP contribution in [0.2, 0.25) is 0 Å². The average Bonchev–Trinajstić information content (AvgIpc) is 3.36. The topological polar surface area (TPSA) is 84.7 Å². The lowest BCUT2D eigenvalue weighted by atomic mass is 10.2. The van der Waals surface area contributed by atoms with E-state index in [0.29, 0.717) is 18.7 Å². The Balaban J connectivity index is 1.59. The maximum atomic E-state index is 13.8. The molecule has 1 aliphatic heterocycles. The molecule has 2 amide bonds. The summed E-state index contributed by atoms with van der Waals surface area (Å²) in [5.41, 5.74) is 0.674. The van der Waals surface area contributed by atoms with Crippen LogP contribution in [0, 0.1) is 5.82 Å². The van der Waals surface area contributed by atoms with Crippen molar-refractivity contribution in [1.82, 2.24) is 14.7 Å². The number of hydrogen-bond donors (Lipinski definition) is 2. The molecule has 28 heavy (non-hydrogen) atoms. The van der Waals surface area contributed by atoms with Gasteiger partial charge in [-0.3, -0.25) is 14.0 Å². The third-order valence-electron chi connectivity index (χ3n) is 4.60. The van der Waals surface area contributed by atoms with Crippen LogP contribution in [0.1, 0.15) is 33.9 Å². The Morgan fingerprint density at radius 1 is 1.18 bits per heavy atom. The van der Waals surface area contributed by atoms with Gasteiger partial charge in [0.2, 0.25) is 5.82 Å². The number of hydrogen-bond acceptors (Lipinski definition) is 4. The Hall–Kier alpha value is -3.26. The Kier molecular flexibility index (Phi) is 5.03. The number of carbonyl (C=O) groups excluding carboxylic acids is 2. The first-order valence-corrected chi connectivity index (χ1v) is 9.06. The highest BCUT2D eigenvalue weighted by molar-refractivity contribution is 6.06. The maximum absolute atomic E-state index is 13.8. The second-order valence-electron chi connectivity index (χ2n) is 6.52. The summed E-state index contributed by atoms with van der Waals surface area (Å²) in [6.07, 6.45) is 3.52. The number of pyridine rings is 1. The van der Waals surface area contributed by atoms with Gasteiger partial charge in [0.1, 0.15) is 5.82 Å². The van der Waals surface area contributed by atoms with Gasteiger partial charge < -0.3 is 15.4 Å². The number of anilines is 1. The van der Waals surface area contributed by atoms with Crippen LogP contribution in [-0.2, 0) is 4.74 Å². The minimum atomic E-state index is -0.607. The number of benzene rings is 1. The molecule has 1 saturated heterocycles. The summed E-state index contributed by atoms with van der Waals surface area (Å²) in [5.74, 6) is -1.54. The van der Waals surface area contributed by atoms with E-state index in [4.69, 9.17) is 4.74 Å². The molecule has 0 saturated carbocycles. The van der Waals surface area contributed by atoms with E-state index in [1.54, 1.807) is 30.5 Å². The van der Waals surface area contributed by atoms with Crippen molar-refractivity contribution < 1.29 is 18.7 Å². The summed E-state index contributed by atoms with van der Waals surface area (Å²) >= 11 is 0. The molecule has 4 rings (SSSR count). The van der Waals surface area contributed by atoms with Gasteiger partial charge in [-0.1, -0.05) is 18.2 Å². The number of para-hydroxylation sites is 1. The van der Waals surface area contributed by atoms with E-state index in [2.05, 4.69) is 15.6 Å². The zero-order valence-electron chi connectivity index (χ0n) is 15.0. The van der Waals surface area contributed by atoms with Crippen molar-refractivity contribution in [2.45, 2.75) is 18.9 Å². The Morgan fingerprint density at radius 2 is 2.00 bits per heavy atom. The molecule has 3 heterocycles. The van der Waals surface area contributed by atoms with Gasteiger partial charge in [0.15, 0.2) is 5.69 Å². The molecule has 1 fully saturated rings. The van der Waals surface area contributed by atoms with E-state index in [-0.39, 0.29) is 29.2 Å². The number of nitrogens with one attached hydrogen (secondary N) is 2. The fraction of sp³-hybridized carbons (Fsp3) is 0.250. The fourth-order valence-electron chi connectivity index (χ4n) is 3.20. The van der Waals surface area contributed by atoms with Crippen LogP contribution in [0.4, 0.5) is 10.1 Å². The van der Waals surface area contributed by atoms with Gasteiger partial charge >= 0.3 is 0 Å². The Labute approximate surface area is 160 Å². The lowest BCUT2D eigenvalue weighted by Crippen LogP contribution is -2.32. The molecule has 2 N–H and O–H groups in total. The monoisotopic (exact) mass is 382 g/mol. The normalized spacial score (nSPS) is 16.2. The van der Waals surface area contributed by atoms with Crippen molar-refractivity contribution in [3.05, 3.63) is 66.0 Å². The molecule has 0 bridgehead atoms. The number of halogens is 1. The van der Waals surface area contributed by atoms with E-state index >= 15 is 0 Å². The molecule has 0 aliphatic carbocycles. The Bertz CT molecular complexity index is 1030. The molecule has 0 radical (unpaired) electrons. The zero-order valence-corrected chi connectivity index (χ0v) is 15.0. The molecule has 7 nitrogen and oxygen atoms in total. The molecule has 1 aromatic carbocycles. The minimum absolute atomic E-state index is 0.00104. The lowest BCUT2D eigenvalue weighted by molar-refractivity contribution is 0.0855. The summed E-state index contributed by atoms with van der Waals surface area (Å²) < 4.78 is 20.9. The number of carbonyl (C=O) groups is 2. The lowest BCUT2D eigenvalue weighted by Gasteiger charge is -2.09. The van der Waals surface area contributed by atoms with Gasteiger partial charge in [0.25, 0.3) is 11.8 Å². The molecular weight excluding hydrogens is 363 g/mol. The van der Waals surface area contributed by atoms with Crippen LogP contribution < -0.4 is 10.6 Å². The van der Waals surface area contributed by atoms with Crippen LogP contribution in [-0.4, -0.2) is 40.5 Å². The quantitative estimate of drug-likeness (QED) is 0.711. The highest BCUT2D eigenvalue weighted by Crippen LogP contribution is 2.17. The largest absolute Gasteiger partial charge is 0.376 e. The molecule has 2 aromatic heterocycles. The van der Waals surface area contributed by atoms with Gasteiger partial charge in [-0.2, -0.15) is 0 Å². The van der Waals surface area contributed by atoms with E-state index in [1.807, 2.05) is 0 Å². The molecular formula is C20H19FN4O3. The van der Waals surface area contributed by atoms with Crippen molar-refractivity contribution in [1.29, 1.82) is 0 Å². The van der Waals surface area contributed by atoms with Crippen LogP contribution in [0.25, 0.3) is 5.52 Å². The molecule has 1 atom stereocenters.